The van der Waals surface area contributed by atoms with E-state index < -0.39 is 0 Å². The van der Waals surface area contributed by atoms with Crippen LogP contribution in [-0.2, 0) is 4.74 Å². The van der Waals surface area contributed by atoms with Crippen LogP contribution in [0.2, 0.25) is 0 Å². The van der Waals surface area contributed by atoms with E-state index in [1.54, 1.807) is 12.1 Å². The molecule has 0 radical (unpaired) electrons. The van der Waals surface area contributed by atoms with Gasteiger partial charge in [-0.1, -0.05) is 24.3 Å². The number of likely N-dealkylation sites (N-methyl/N-ethyl adjacent to an activating group) is 1. The molecule has 0 aliphatic carbocycles. The van der Waals surface area contributed by atoms with Crippen LogP contribution in [0.4, 0.5) is 0 Å². The standard InChI is InChI=1S/C21H24N2O3.ClH/c1-22-12-3-13-23(15-14-22)20(24)18-8-4-16(5-9-18)17-6-10-19(11-7-17)21(25)26-2;/h4-11H,3,12-15H2,1-2H3;1H. The van der Waals surface area contributed by atoms with Crippen molar-refractivity contribution in [2.45, 2.75) is 6.42 Å². The van der Waals surface area contributed by atoms with E-state index in [4.69, 9.17) is 4.74 Å². The molecule has 144 valence electrons. The van der Waals surface area contributed by atoms with Crippen LogP contribution in [0.25, 0.3) is 11.1 Å². The van der Waals surface area contributed by atoms with Crippen molar-refractivity contribution in [3.63, 3.8) is 0 Å². The van der Waals surface area contributed by atoms with Crippen LogP contribution in [0.15, 0.2) is 48.5 Å². The Balaban J connectivity index is 0.00000196. The molecule has 1 aliphatic heterocycles. The number of carbonyl (C=O) groups excluding carboxylic acids is 2. The van der Waals surface area contributed by atoms with Crippen molar-refractivity contribution in [1.82, 2.24) is 9.80 Å². The number of halogens is 1. The zero-order valence-electron chi connectivity index (χ0n) is 16.7. The lowest BCUT2D eigenvalue weighted by Gasteiger charge is -2.20. The molecule has 0 bridgehead atoms. The summed E-state index contributed by atoms with van der Waals surface area (Å²) in [6, 6.07) is 14.9. The van der Waals surface area contributed by atoms with Gasteiger partial charge in [-0.3, -0.25) is 4.79 Å². The summed E-state index contributed by atoms with van der Waals surface area (Å²) in [5.41, 5.74) is 3.24. The molecule has 0 saturated carbocycles. The van der Waals surface area contributed by atoms with Gasteiger partial charge in [0, 0.05) is 25.2 Å². The third-order valence-electron chi connectivity index (χ3n) is 4.78. The molecule has 2 aromatic carbocycles. The zero-order valence-corrected chi connectivity index (χ0v) is 16.4. The van der Waals surface area contributed by atoms with Crippen LogP contribution in [0.1, 0.15) is 28.6 Å². The number of hydrogen-bond acceptors (Lipinski definition) is 4. The number of nitrogens with zero attached hydrogens (tertiary/aromatic N) is 2. The summed E-state index contributed by atoms with van der Waals surface area (Å²) >= 11 is 0. The molecule has 1 aliphatic rings. The van der Waals surface area contributed by atoms with E-state index in [-0.39, 0.29) is 25.7 Å². The summed E-state index contributed by atoms with van der Waals surface area (Å²) in [7, 11) is 3.46. The third kappa shape index (κ3) is 5.08. The van der Waals surface area contributed by atoms with Crippen molar-refractivity contribution in [3.05, 3.63) is 59.7 Å². The highest BCUT2D eigenvalue weighted by atomic mass is 35.5. The van der Waals surface area contributed by atoms with Crippen molar-refractivity contribution in [2.24, 2.45) is 0 Å². The van der Waals surface area contributed by atoms with Crippen LogP contribution in [0.3, 0.4) is 0 Å². The second-order valence-corrected chi connectivity index (χ2v) is 6.60. The highest BCUT2D eigenvalue weighted by molar-refractivity contribution is 5.95. The Bertz CT molecular complexity index is 781. The largest absolute Gasteiger partial charge is 1.00 e. The Morgan fingerprint density at radius 2 is 1.41 bits per heavy atom. The van der Waals surface area contributed by atoms with Crippen molar-refractivity contribution >= 4 is 11.9 Å². The molecule has 3 rings (SSSR count). The Kier molecular flexibility index (Phi) is 7.39. The second-order valence-electron chi connectivity index (χ2n) is 6.60. The van der Waals surface area contributed by atoms with Crippen molar-refractivity contribution in [2.75, 3.05) is 40.3 Å². The first-order valence-corrected chi connectivity index (χ1v) is 8.85. The first-order chi connectivity index (χ1) is 12.6. The number of benzene rings is 2. The van der Waals surface area contributed by atoms with E-state index in [1.807, 2.05) is 41.3 Å². The number of methoxy groups -OCH3 is 1. The smallest absolute Gasteiger partial charge is 1.00 e. The number of amides is 1. The van der Waals surface area contributed by atoms with Crippen LogP contribution in [0.5, 0.6) is 0 Å². The number of esters is 1. The van der Waals surface area contributed by atoms with E-state index in [0.717, 1.165) is 43.7 Å². The van der Waals surface area contributed by atoms with Crippen LogP contribution in [-0.4, -0.2) is 62.0 Å². The van der Waals surface area contributed by atoms with Crippen LogP contribution in [0, 0.1) is 0 Å². The summed E-state index contributed by atoms with van der Waals surface area (Å²) < 4.78 is 4.71. The van der Waals surface area contributed by atoms with Crippen molar-refractivity contribution in [1.29, 1.82) is 0 Å². The Morgan fingerprint density at radius 1 is 0.852 bits per heavy atom. The number of ether oxygens (including phenoxy) is 1. The number of hydrogen-bond donors (Lipinski definition) is 0. The lowest BCUT2D eigenvalue weighted by Crippen LogP contribution is -3.00. The predicted molar refractivity (Wildman–Crippen MR) is 102 cm³/mol. The van der Waals surface area contributed by atoms with Gasteiger partial charge in [0.25, 0.3) is 5.91 Å². The van der Waals surface area contributed by atoms with E-state index in [1.165, 1.54) is 7.11 Å². The average Bonchev–Trinajstić information content (AvgIpc) is 2.91. The molecule has 0 unspecified atom stereocenters. The fraction of sp³-hybridized carbons (Fsp3) is 0.333. The quantitative estimate of drug-likeness (QED) is 0.696. The van der Waals surface area contributed by atoms with E-state index in [2.05, 4.69) is 11.9 Å². The van der Waals surface area contributed by atoms with Gasteiger partial charge in [-0.2, -0.15) is 0 Å². The molecule has 0 aromatic heterocycles. The Morgan fingerprint density at radius 3 is 1.96 bits per heavy atom. The highest BCUT2D eigenvalue weighted by Gasteiger charge is 2.18. The maximum absolute atomic E-state index is 12.7. The average molecular weight is 389 g/mol. The fourth-order valence-electron chi connectivity index (χ4n) is 3.15. The highest BCUT2D eigenvalue weighted by Crippen LogP contribution is 2.21. The maximum atomic E-state index is 12.7. The van der Waals surface area contributed by atoms with Gasteiger partial charge < -0.3 is 26.9 Å². The number of carbonyl (C=O) groups is 2. The first kappa shape index (κ1) is 20.9. The molecule has 6 heteroatoms. The Hall–Kier alpha value is -2.37. The lowest BCUT2D eigenvalue weighted by atomic mass is 10.0. The summed E-state index contributed by atoms with van der Waals surface area (Å²) in [6.45, 7) is 3.52. The topological polar surface area (TPSA) is 49.9 Å². The second kappa shape index (κ2) is 9.53. The van der Waals surface area contributed by atoms with Gasteiger partial charge in [-0.25, -0.2) is 4.79 Å². The van der Waals surface area contributed by atoms with E-state index >= 15 is 0 Å². The van der Waals surface area contributed by atoms with Gasteiger partial charge in [0.05, 0.1) is 12.7 Å². The normalized spacial score (nSPS) is 14.8. The van der Waals surface area contributed by atoms with Gasteiger partial charge in [-0.05, 0) is 55.4 Å². The monoisotopic (exact) mass is 388 g/mol. The summed E-state index contributed by atoms with van der Waals surface area (Å²) in [6.07, 6.45) is 1.01. The minimum Gasteiger partial charge on any atom is -1.00 e. The minimum absolute atomic E-state index is 0. The lowest BCUT2D eigenvalue weighted by molar-refractivity contribution is -0.0000293. The van der Waals surface area contributed by atoms with E-state index in [9.17, 15) is 9.59 Å². The molecule has 0 atom stereocenters. The zero-order chi connectivity index (χ0) is 18.5. The summed E-state index contributed by atoms with van der Waals surface area (Å²) in [5, 5.41) is 0. The molecule has 1 amide bonds. The van der Waals surface area contributed by atoms with Gasteiger partial charge in [-0.15, -0.1) is 0 Å². The molecular formula is C21H25ClN2O3. The van der Waals surface area contributed by atoms with Gasteiger partial charge in [0.2, 0.25) is 0 Å². The third-order valence-corrected chi connectivity index (χ3v) is 4.78. The Labute approximate surface area is 167 Å². The van der Waals surface area contributed by atoms with Crippen molar-refractivity contribution < 1.29 is 28.2 Å². The molecule has 0 N–H and O–H groups in total. The van der Waals surface area contributed by atoms with Crippen LogP contribution >= 0.6 is 0 Å². The van der Waals surface area contributed by atoms with Gasteiger partial charge in [0.1, 0.15) is 0 Å². The maximum Gasteiger partial charge on any atom is 1.00 e. The molecule has 0 spiro atoms. The van der Waals surface area contributed by atoms with Crippen molar-refractivity contribution in [3.8, 4) is 11.1 Å². The van der Waals surface area contributed by atoms with Gasteiger partial charge >= 0.3 is 7.40 Å². The van der Waals surface area contributed by atoms with Gasteiger partial charge in [0.15, 0.2) is 0 Å². The molecule has 1 saturated heterocycles. The first-order valence-electron chi connectivity index (χ1n) is 8.85. The predicted octanol–water partition coefficient (Wildman–Crippen LogP) is 0.0344. The molecule has 1 heterocycles. The SMILES string of the molecule is COC(=O)c1ccc(-c2ccc(C(=O)N3CCCN(C)CC3)cc2)cc1.[Cl-].[H+]. The fourth-order valence-corrected chi connectivity index (χ4v) is 3.15. The molecule has 27 heavy (non-hydrogen) atoms. The molecule has 2 aromatic rings. The molecule has 5 nitrogen and oxygen atoms in total. The number of rotatable bonds is 3. The van der Waals surface area contributed by atoms with E-state index in [0.29, 0.717) is 11.1 Å². The molecular weight excluding hydrogens is 364 g/mol. The van der Waals surface area contributed by atoms with Crippen LogP contribution < -0.4 is 12.4 Å². The summed E-state index contributed by atoms with van der Waals surface area (Å²) in [5.74, 6) is -0.256. The summed E-state index contributed by atoms with van der Waals surface area (Å²) in [4.78, 5) is 28.4. The molecule has 1 fully saturated rings. The minimum atomic E-state index is -0.347.